The van der Waals surface area contributed by atoms with Gasteiger partial charge in [0.1, 0.15) is 11.4 Å². The van der Waals surface area contributed by atoms with Gasteiger partial charge in [-0.25, -0.2) is 4.79 Å². The maximum Gasteiger partial charge on any atom is 0.335 e. The zero-order chi connectivity index (χ0) is 12.6. The number of phenolic OH excluding ortho intramolecular Hbond substituents is 1. The van der Waals surface area contributed by atoms with Crippen LogP contribution in [0.15, 0.2) is 18.2 Å². The van der Waals surface area contributed by atoms with Gasteiger partial charge in [0, 0.05) is 18.4 Å². The van der Waals surface area contributed by atoms with E-state index in [1.54, 1.807) is 6.92 Å². The SMILES string of the molecule is C[C@]1(c2ccc(C(=O)O)cc2O)CCC(=O)O1. The first kappa shape index (κ1) is 11.4. The van der Waals surface area contributed by atoms with Crippen LogP contribution in [0.4, 0.5) is 0 Å². The van der Waals surface area contributed by atoms with Crippen LogP contribution >= 0.6 is 0 Å². The molecule has 1 aliphatic rings. The van der Waals surface area contributed by atoms with Crippen LogP contribution in [0.1, 0.15) is 35.7 Å². The molecule has 1 atom stereocenters. The van der Waals surface area contributed by atoms with Crippen molar-refractivity contribution in [3.8, 4) is 5.75 Å². The average Bonchev–Trinajstić information content (AvgIpc) is 2.59. The highest BCUT2D eigenvalue weighted by Crippen LogP contribution is 2.40. The van der Waals surface area contributed by atoms with Crippen molar-refractivity contribution in [2.75, 3.05) is 0 Å². The summed E-state index contributed by atoms with van der Waals surface area (Å²) in [6.45, 7) is 1.70. The predicted molar refractivity (Wildman–Crippen MR) is 57.7 cm³/mol. The van der Waals surface area contributed by atoms with E-state index in [2.05, 4.69) is 0 Å². The standard InChI is InChI=1S/C12H12O5/c1-12(5-4-10(14)17-12)8-3-2-7(11(15)16)6-9(8)13/h2-3,6,13H,4-5H2,1H3,(H,15,16)/t12-/m1/s1. The molecule has 1 aliphatic heterocycles. The topological polar surface area (TPSA) is 83.8 Å². The van der Waals surface area contributed by atoms with E-state index in [4.69, 9.17) is 9.84 Å². The average molecular weight is 236 g/mol. The van der Waals surface area contributed by atoms with Gasteiger partial charge in [-0.15, -0.1) is 0 Å². The van der Waals surface area contributed by atoms with Crippen LogP contribution in [-0.2, 0) is 15.1 Å². The molecule has 1 aromatic rings. The molecular formula is C12H12O5. The molecule has 0 spiro atoms. The summed E-state index contributed by atoms with van der Waals surface area (Å²) >= 11 is 0. The summed E-state index contributed by atoms with van der Waals surface area (Å²) < 4.78 is 5.17. The second-order valence-corrected chi connectivity index (χ2v) is 4.24. The highest BCUT2D eigenvalue weighted by Gasteiger charge is 2.39. The first-order chi connectivity index (χ1) is 7.92. The third kappa shape index (κ3) is 1.95. The first-order valence-corrected chi connectivity index (χ1v) is 5.21. The lowest BCUT2D eigenvalue weighted by molar-refractivity contribution is -0.147. The Morgan fingerprint density at radius 2 is 2.18 bits per heavy atom. The Hall–Kier alpha value is -2.04. The van der Waals surface area contributed by atoms with Gasteiger partial charge in [0.25, 0.3) is 0 Å². The minimum Gasteiger partial charge on any atom is -0.507 e. The molecule has 0 unspecified atom stereocenters. The molecular weight excluding hydrogens is 224 g/mol. The van der Waals surface area contributed by atoms with Gasteiger partial charge in [0.05, 0.1) is 5.56 Å². The zero-order valence-corrected chi connectivity index (χ0v) is 9.27. The van der Waals surface area contributed by atoms with Crippen LogP contribution < -0.4 is 0 Å². The monoisotopic (exact) mass is 236 g/mol. The number of aromatic hydroxyl groups is 1. The fourth-order valence-corrected chi connectivity index (χ4v) is 2.00. The van der Waals surface area contributed by atoms with E-state index < -0.39 is 11.6 Å². The van der Waals surface area contributed by atoms with E-state index in [9.17, 15) is 14.7 Å². The van der Waals surface area contributed by atoms with E-state index in [-0.39, 0.29) is 17.3 Å². The van der Waals surface area contributed by atoms with Gasteiger partial charge >= 0.3 is 11.9 Å². The molecule has 5 nitrogen and oxygen atoms in total. The first-order valence-electron chi connectivity index (χ1n) is 5.21. The largest absolute Gasteiger partial charge is 0.507 e. The molecule has 1 saturated heterocycles. The van der Waals surface area contributed by atoms with E-state index in [0.29, 0.717) is 18.4 Å². The number of carboxylic acid groups (broad SMARTS) is 1. The highest BCUT2D eigenvalue weighted by molar-refractivity contribution is 5.88. The summed E-state index contributed by atoms with van der Waals surface area (Å²) in [7, 11) is 0. The van der Waals surface area contributed by atoms with Crippen molar-refractivity contribution in [2.24, 2.45) is 0 Å². The van der Waals surface area contributed by atoms with Gasteiger partial charge in [0.2, 0.25) is 0 Å². The Morgan fingerprint density at radius 3 is 2.65 bits per heavy atom. The molecule has 0 radical (unpaired) electrons. The number of phenols is 1. The highest BCUT2D eigenvalue weighted by atomic mass is 16.6. The minimum absolute atomic E-state index is 0.000765. The second kappa shape index (κ2) is 3.76. The van der Waals surface area contributed by atoms with E-state index in [1.807, 2.05) is 0 Å². The van der Waals surface area contributed by atoms with Crippen molar-refractivity contribution in [2.45, 2.75) is 25.4 Å². The number of carbonyl (C=O) groups excluding carboxylic acids is 1. The summed E-state index contributed by atoms with van der Waals surface area (Å²) in [5.41, 5.74) is -0.425. The van der Waals surface area contributed by atoms with Gasteiger partial charge in [-0.3, -0.25) is 4.79 Å². The quantitative estimate of drug-likeness (QED) is 0.762. The lowest BCUT2D eigenvalue weighted by Gasteiger charge is -2.24. The van der Waals surface area contributed by atoms with Crippen LogP contribution in [-0.4, -0.2) is 22.2 Å². The summed E-state index contributed by atoms with van der Waals surface area (Å²) in [4.78, 5) is 21.8. The predicted octanol–water partition coefficient (Wildman–Crippen LogP) is 1.64. The Labute approximate surface area is 97.6 Å². The number of esters is 1. The van der Waals surface area contributed by atoms with Crippen LogP contribution in [0.2, 0.25) is 0 Å². The Balaban J connectivity index is 2.40. The van der Waals surface area contributed by atoms with Gasteiger partial charge in [-0.1, -0.05) is 6.07 Å². The van der Waals surface area contributed by atoms with Crippen LogP contribution in [0.3, 0.4) is 0 Å². The van der Waals surface area contributed by atoms with Gasteiger partial charge < -0.3 is 14.9 Å². The van der Waals surface area contributed by atoms with Crippen molar-refractivity contribution < 1.29 is 24.5 Å². The Kier molecular flexibility index (Phi) is 2.53. The lowest BCUT2D eigenvalue weighted by Crippen LogP contribution is -2.21. The maximum absolute atomic E-state index is 11.1. The fraction of sp³-hybridized carbons (Fsp3) is 0.333. The maximum atomic E-state index is 11.1. The number of cyclic esters (lactones) is 1. The fourth-order valence-electron chi connectivity index (χ4n) is 2.00. The molecule has 0 bridgehead atoms. The van der Waals surface area contributed by atoms with Crippen LogP contribution in [0.5, 0.6) is 5.75 Å². The molecule has 0 aliphatic carbocycles. The molecule has 2 rings (SSSR count). The molecule has 0 amide bonds. The summed E-state index contributed by atoms with van der Waals surface area (Å²) in [5.74, 6) is -1.59. The molecule has 5 heteroatoms. The zero-order valence-electron chi connectivity index (χ0n) is 9.27. The van der Waals surface area contributed by atoms with Crippen LogP contribution in [0.25, 0.3) is 0 Å². The lowest BCUT2D eigenvalue weighted by atomic mass is 9.91. The normalized spacial score (nSPS) is 23.5. The van der Waals surface area contributed by atoms with Crippen LogP contribution in [0, 0.1) is 0 Å². The number of hydrogen-bond donors (Lipinski definition) is 2. The van der Waals surface area contributed by atoms with Crippen molar-refractivity contribution in [1.29, 1.82) is 0 Å². The number of carbonyl (C=O) groups is 2. The summed E-state index contributed by atoms with van der Waals surface area (Å²) in [6.07, 6.45) is 0.780. The summed E-state index contributed by atoms with van der Waals surface area (Å²) in [6, 6.07) is 4.03. The molecule has 1 heterocycles. The number of carboxylic acids is 1. The number of aromatic carboxylic acids is 1. The third-order valence-electron chi connectivity index (χ3n) is 2.96. The number of rotatable bonds is 2. The molecule has 90 valence electrons. The molecule has 0 aromatic heterocycles. The number of hydrogen-bond acceptors (Lipinski definition) is 4. The number of ether oxygens (including phenoxy) is 1. The summed E-state index contributed by atoms with van der Waals surface area (Å²) in [5, 5.41) is 18.6. The molecule has 17 heavy (non-hydrogen) atoms. The van der Waals surface area contributed by atoms with E-state index in [0.717, 1.165) is 6.07 Å². The Morgan fingerprint density at radius 1 is 1.47 bits per heavy atom. The van der Waals surface area contributed by atoms with Crippen molar-refractivity contribution in [1.82, 2.24) is 0 Å². The van der Waals surface area contributed by atoms with Gasteiger partial charge in [-0.05, 0) is 19.1 Å². The third-order valence-corrected chi connectivity index (χ3v) is 2.96. The number of benzene rings is 1. The smallest absolute Gasteiger partial charge is 0.335 e. The van der Waals surface area contributed by atoms with Gasteiger partial charge in [0.15, 0.2) is 0 Å². The molecule has 1 aromatic carbocycles. The van der Waals surface area contributed by atoms with Crippen molar-refractivity contribution in [3.05, 3.63) is 29.3 Å². The van der Waals surface area contributed by atoms with Gasteiger partial charge in [-0.2, -0.15) is 0 Å². The van der Waals surface area contributed by atoms with E-state index in [1.165, 1.54) is 12.1 Å². The molecule has 0 saturated carbocycles. The van der Waals surface area contributed by atoms with E-state index >= 15 is 0 Å². The minimum atomic E-state index is -1.11. The van der Waals surface area contributed by atoms with Crippen molar-refractivity contribution in [3.63, 3.8) is 0 Å². The molecule has 2 N–H and O–H groups in total. The second-order valence-electron chi connectivity index (χ2n) is 4.24. The Bertz CT molecular complexity index is 494. The molecule has 1 fully saturated rings. The van der Waals surface area contributed by atoms with Crippen molar-refractivity contribution >= 4 is 11.9 Å².